The average Bonchev–Trinajstić information content (AvgIpc) is 2.25. The third-order valence-electron chi connectivity index (χ3n) is 3.08. The van der Waals surface area contributed by atoms with Gasteiger partial charge in [0, 0.05) is 5.56 Å². The number of rotatable bonds is 3. The molecule has 0 aromatic heterocycles. The fourth-order valence-electron chi connectivity index (χ4n) is 1.82. The molecule has 0 saturated heterocycles. The van der Waals surface area contributed by atoms with Gasteiger partial charge in [0.25, 0.3) is 0 Å². The van der Waals surface area contributed by atoms with Crippen molar-refractivity contribution < 1.29 is 21.4 Å². The predicted octanol–water partition coefficient (Wildman–Crippen LogP) is 4.21. The largest absolute Gasteiger partial charge is 0.378 e. The van der Waals surface area contributed by atoms with E-state index in [1.807, 2.05) is 47.6 Å². The summed E-state index contributed by atoms with van der Waals surface area (Å²) in [5.74, 6) is -3.61. The monoisotopic (exact) mass is 320 g/mol. The molecule has 0 aliphatic rings. The van der Waals surface area contributed by atoms with E-state index in [9.17, 15) is 17.2 Å². The number of hydrogen-bond acceptors (Lipinski definition) is 3. The van der Waals surface area contributed by atoms with Crippen LogP contribution in [0.4, 0.5) is 8.78 Å². The van der Waals surface area contributed by atoms with Crippen molar-refractivity contribution in [1.29, 1.82) is 0 Å². The first-order chi connectivity index (χ1) is 9.25. The summed E-state index contributed by atoms with van der Waals surface area (Å²) in [7, 11) is -4.92. The maximum absolute atomic E-state index is 12.5. The Hall–Kier alpha value is -1.17. The minimum Gasteiger partial charge on any atom is -0.378 e. The molecular formula is C15H22F2O3S. The Kier molecular flexibility index (Phi) is 4.73. The van der Waals surface area contributed by atoms with Crippen molar-refractivity contribution in [1.82, 2.24) is 0 Å². The van der Waals surface area contributed by atoms with Gasteiger partial charge in [0.05, 0.1) is 0 Å². The Morgan fingerprint density at radius 2 is 1.52 bits per heavy atom. The van der Waals surface area contributed by atoms with Crippen molar-refractivity contribution >= 4 is 10.1 Å². The first-order valence-electron chi connectivity index (χ1n) is 6.61. The summed E-state index contributed by atoms with van der Waals surface area (Å²) in [4.78, 5) is 0. The van der Waals surface area contributed by atoms with Crippen molar-refractivity contribution in [3.63, 3.8) is 0 Å². The van der Waals surface area contributed by atoms with Crippen LogP contribution in [-0.4, -0.2) is 14.2 Å². The Labute approximate surface area is 125 Å². The van der Waals surface area contributed by atoms with Gasteiger partial charge in [-0.15, -0.1) is 0 Å². The van der Waals surface area contributed by atoms with Gasteiger partial charge >= 0.3 is 15.9 Å². The highest BCUT2D eigenvalue weighted by Crippen LogP contribution is 2.36. The molecule has 1 aromatic rings. The summed E-state index contributed by atoms with van der Waals surface area (Å²) < 4.78 is 52.2. The Morgan fingerprint density at radius 3 is 1.90 bits per heavy atom. The van der Waals surface area contributed by atoms with Crippen molar-refractivity contribution in [2.75, 3.05) is 0 Å². The topological polar surface area (TPSA) is 43.4 Å². The fourth-order valence-corrected chi connectivity index (χ4v) is 2.29. The van der Waals surface area contributed by atoms with Crippen LogP contribution in [-0.2, 0) is 20.9 Å². The lowest BCUT2D eigenvalue weighted by atomic mass is 9.80. The second-order valence-corrected chi connectivity index (χ2v) is 8.56. The SMILES string of the molecule is CC(C)(C)c1ccc(OS(=O)(=O)C(F)F)c(C(C)(C)C)c1. The molecule has 21 heavy (non-hydrogen) atoms. The van der Waals surface area contributed by atoms with Gasteiger partial charge in [-0.25, -0.2) is 0 Å². The molecule has 3 nitrogen and oxygen atoms in total. The van der Waals surface area contributed by atoms with E-state index in [2.05, 4.69) is 4.18 Å². The molecule has 0 amide bonds. The van der Waals surface area contributed by atoms with Gasteiger partial charge in [-0.1, -0.05) is 53.7 Å². The molecule has 0 aliphatic heterocycles. The number of alkyl halides is 2. The van der Waals surface area contributed by atoms with E-state index >= 15 is 0 Å². The minimum atomic E-state index is -4.92. The van der Waals surface area contributed by atoms with E-state index in [1.54, 1.807) is 6.07 Å². The fraction of sp³-hybridized carbons (Fsp3) is 0.600. The first-order valence-corrected chi connectivity index (χ1v) is 8.09. The van der Waals surface area contributed by atoms with E-state index in [-0.39, 0.29) is 11.2 Å². The molecule has 120 valence electrons. The minimum absolute atomic E-state index is 0.0456. The van der Waals surface area contributed by atoms with Crippen molar-refractivity contribution in [3.05, 3.63) is 29.3 Å². The second-order valence-electron chi connectivity index (χ2n) is 7.05. The molecule has 0 atom stereocenters. The van der Waals surface area contributed by atoms with Crippen LogP contribution in [0, 0.1) is 0 Å². The third-order valence-corrected chi connectivity index (χ3v) is 3.93. The molecular weight excluding hydrogens is 298 g/mol. The van der Waals surface area contributed by atoms with Crippen molar-refractivity contribution in [2.45, 2.75) is 58.1 Å². The van der Waals surface area contributed by atoms with Crippen LogP contribution in [0.1, 0.15) is 52.7 Å². The van der Waals surface area contributed by atoms with E-state index in [0.717, 1.165) is 5.56 Å². The number of halogens is 2. The molecule has 0 heterocycles. The zero-order valence-electron chi connectivity index (χ0n) is 13.2. The zero-order valence-corrected chi connectivity index (χ0v) is 14.0. The predicted molar refractivity (Wildman–Crippen MR) is 79.4 cm³/mol. The van der Waals surface area contributed by atoms with Crippen LogP contribution in [0.3, 0.4) is 0 Å². The van der Waals surface area contributed by atoms with Gasteiger partial charge in [-0.3, -0.25) is 0 Å². The molecule has 0 aliphatic carbocycles. The van der Waals surface area contributed by atoms with Crippen LogP contribution < -0.4 is 4.18 Å². The molecule has 1 aromatic carbocycles. The van der Waals surface area contributed by atoms with E-state index in [4.69, 9.17) is 0 Å². The molecule has 0 N–H and O–H groups in total. The maximum Gasteiger partial charge on any atom is 0.372 e. The lowest BCUT2D eigenvalue weighted by molar-refractivity contribution is 0.219. The molecule has 6 heteroatoms. The average molecular weight is 320 g/mol. The highest BCUT2D eigenvalue weighted by molar-refractivity contribution is 7.87. The van der Waals surface area contributed by atoms with Crippen molar-refractivity contribution in [3.8, 4) is 5.75 Å². The Balaban J connectivity index is 3.41. The Bertz CT molecular complexity index is 609. The highest BCUT2D eigenvalue weighted by atomic mass is 32.2. The van der Waals surface area contributed by atoms with Gasteiger partial charge in [0.1, 0.15) is 5.75 Å². The van der Waals surface area contributed by atoms with Crippen LogP contribution in [0.2, 0.25) is 0 Å². The third kappa shape index (κ3) is 4.40. The maximum atomic E-state index is 12.5. The first kappa shape index (κ1) is 17.9. The molecule has 0 saturated carbocycles. The number of hydrogen-bond donors (Lipinski definition) is 0. The summed E-state index contributed by atoms with van der Waals surface area (Å²) in [6.45, 7) is 11.7. The standard InChI is InChI=1S/C15H22F2O3S/c1-14(2,3)10-7-8-12(11(9-10)15(4,5)6)20-21(18,19)13(16)17/h7-9,13H,1-6H3. The summed E-state index contributed by atoms with van der Waals surface area (Å²) in [5, 5.41) is 0. The molecule has 1 rings (SSSR count). The van der Waals surface area contributed by atoms with Gasteiger partial charge in [-0.05, 0) is 22.5 Å². The lowest BCUT2D eigenvalue weighted by Gasteiger charge is -2.26. The van der Waals surface area contributed by atoms with Crippen molar-refractivity contribution in [2.24, 2.45) is 0 Å². The normalized spacial score (nSPS) is 13.6. The lowest BCUT2D eigenvalue weighted by Crippen LogP contribution is -2.22. The smallest absolute Gasteiger partial charge is 0.372 e. The van der Waals surface area contributed by atoms with E-state index in [1.165, 1.54) is 6.07 Å². The zero-order chi connectivity index (χ0) is 16.6. The molecule has 0 spiro atoms. The van der Waals surface area contributed by atoms with Crippen LogP contribution >= 0.6 is 0 Å². The highest BCUT2D eigenvalue weighted by Gasteiger charge is 2.30. The second kappa shape index (κ2) is 5.55. The summed E-state index contributed by atoms with van der Waals surface area (Å²) in [5.41, 5.74) is 0.988. The van der Waals surface area contributed by atoms with Crippen LogP contribution in [0.5, 0.6) is 5.75 Å². The van der Waals surface area contributed by atoms with Gasteiger partial charge in [0.2, 0.25) is 0 Å². The van der Waals surface area contributed by atoms with E-state index in [0.29, 0.717) is 5.56 Å². The molecule has 0 unspecified atom stereocenters. The Morgan fingerprint density at radius 1 is 1.00 bits per heavy atom. The summed E-state index contributed by atoms with van der Waals surface area (Å²) in [6, 6.07) is 4.96. The number of benzene rings is 1. The molecule has 0 fully saturated rings. The van der Waals surface area contributed by atoms with Gasteiger partial charge in [0.15, 0.2) is 0 Å². The summed E-state index contributed by atoms with van der Waals surface area (Å²) >= 11 is 0. The quantitative estimate of drug-likeness (QED) is 0.783. The molecule has 0 radical (unpaired) electrons. The van der Waals surface area contributed by atoms with E-state index < -0.39 is 21.3 Å². The van der Waals surface area contributed by atoms with Gasteiger partial charge in [-0.2, -0.15) is 17.2 Å². The van der Waals surface area contributed by atoms with Gasteiger partial charge < -0.3 is 4.18 Å². The summed E-state index contributed by atoms with van der Waals surface area (Å²) in [6.07, 6.45) is 0. The van der Waals surface area contributed by atoms with Crippen LogP contribution in [0.15, 0.2) is 18.2 Å². The molecule has 0 bridgehead atoms. The van der Waals surface area contributed by atoms with Crippen LogP contribution in [0.25, 0.3) is 0 Å².